The van der Waals surface area contributed by atoms with Gasteiger partial charge in [-0.15, -0.1) is 0 Å². The van der Waals surface area contributed by atoms with Crippen LogP contribution < -0.4 is 5.73 Å². The number of hydrogen-bond donors (Lipinski definition) is 1. The summed E-state index contributed by atoms with van der Waals surface area (Å²) in [7, 11) is -2.04. The number of benzene rings is 1. The molecule has 1 aromatic carbocycles. The van der Waals surface area contributed by atoms with Gasteiger partial charge in [0.15, 0.2) is 0 Å². The molecule has 0 atom stereocenters. The van der Waals surface area contributed by atoms with Crippen LogP contribution in [0.1, 0.15) is 31.2 Å². The molecule has 1 saturated carbocycles. The number of anilines is 1. The number of nitrogen functional groups attached to an aromatic ring is 1. The Balaban J connectivity index is 2.42. The molecule has 0 heterocycles. The van der Waals surface area contributed by atoms with Gasteiger partial charge in [-0.1, -0.05) is 12.8 Å². The van der Waals surface area contributed by atoms with Crippen molar-refractivity contribution in [3.05, 3.63) is 23.8 Å². The molecule has 19 heavy (non-hydrogen) atoms. The monoisotopic (exact) mass is 279 g/mol. The topological polar surface area (TPSA) is 87.2 Å². The van der Waals surface area contributed by atoms with Gasteiger partial charge in [0.2, 0.25) is 10.0 Å². The highest BCUT2D eigenvalue weighted by Crippen LogP contribution is 2.29. The van der Waals surface area contributed by atoms with Crippen LogP contribution in [0.5, 0.6) is 0 Å². The van der Waals surface area contributed by atoms with Crippen LogP contribution in [0.3, 0.4) is 0 Å². The fourth-order valence-corrected chi connectivity index (χ4v) is 4.02. The van der Waals surface area contributed by atoms with Crippen LogP contribution in [0.4, 0.5) is 5.69 Å². The van der Waals surface area contributed by atoms with Crippen molar-refractivity contribution < 1.29 is 8.42 Å². The summed E-state index contributed by atoms with van der Waals surface area (Å²) < 4.78 is 26.5. The Morgan fingerprint density at radius 1 is 1.37 bits per heavy atom. The van der Waals surface area contributed by atoms with Gasteiger partial charge in [-0.25, -0.2) is 8.42 Å². The Morgan fingerprint density at radius 2 is 2.00 bits per heavy atom. The fourth-order valence-electron chi connectivity index (χ4n) is 2.48. The van der Waals surface area contributed by atoms with Crippen molar-refractivity contribution in [1.82, 2.24) is 4.31 Å². The minimum Gasteiger partial charge on any atom is -0.399 e. The van der Waals surface area contributed by atoms with E-state index < -0.39 is 10.0 Å². The molecule has 6 heteroatoms. The van der Waals surface area contributed by atoms with E-state index in [4.69, 9.17) is 11.0 Å². The summed E-state index contributed by atoms with van der Waals surface area (Å²) in [5, 5.41) is 9.06. The first-order valence-corrected chi connectivity index (χ1v) is 7.68. The van der Waals surface area contributed by atoms with Crippen LogP contribution >= 0.6 is 0 Å². The number of rotatable bonds is 3. The third-order valence-electron chi connectivity index (χ3n) is 3.62. The second-order valence-electron chi connectivity index (χ2n) is 4.83. The van der Waals surface area contributed by atoms with E-state index in [1.165, 1.54) is 22.5 Å². The molecule has 1 aliphatic rings. The van der Waals surface area contributed by atoms with Gasteiger partial charge in [0, 0.05) is 18.8 Å². The second kappa shape index (κ2) is 5.19. The molecule has 2 N–H and O–H groups in total. The minimum absolute atomic E-state index is 0.0362. The smallest absolute Gasteiger partial charge is 0.244 e. The van der Waals surface area contributed by atoms with Gasteiger partial charge in [0.25, 0.3) is 0 Å². The number of nitrogens with two attached hydrogens (primary N) is 1. The van der Waals surface area contributed by atoms with Crippen molar-refractivity contribution in [1.29, 1.82) is 5.26 Å². The molecular weight excluding hydrogens is 262 g/mol. The summed E-state index contributed by atoms with van der Waals surface area (Å²) >= 11 is 0. The first-order chi connectivity index (χ1) is 8.96. The van der Waals surface area contributed by atoms with Crippen molar-refractivity contribution in [2.75, 3.05) is 12.8 Å². The first-order valence-electron chi connectivity index (χ1n) is 6.24. The van der Waals surface area contributed by atoms with Crippen LogP contribution in [0.2, 0.25) is 0 Å². The zero-order valence-electron chi connectivity index (χ0n) is 10.8. The van der Waals surface area contributed by atoms with Crippen molar-refractivity contribution in [3.8, 4) is 6.07 Å². The maximum absolute atomic E-state index is 12.5. The lowest BCUT2D eigenvalue weighted by Crippen LogP contribution is -2.35. The maximum Gasteiger partial charge on any atom is 0.244 e. The van der Waals surface area contributed by atoms with Crippen molar-refractivity contribution in [2.45, 2.75) is 36.6 Å². The zero-order chi connectivity index (χ0) is 14.0. The number of nitrogens with zero attached hydrogens (tertiary/aromatic N) is 2. The van der Waals surface area contributed by atoms with Crippen molar-refractivity contribution >= 4 is 15.7 Å². The van der Waals surface area contributed by atoms with Gasteiger partial charge >= 0.3 is 0 Å². The lowest BCUT2D eigenvalue weighted by molar-refractivity contribution is 0.373. The Hall–Kier alpha value is -1.58. The molecule has 0 saturated heterocycles. The predicted octanol–water partition coefficient (Wildman–Crippen LogP) is 1.70. The molecule has 1 aromatic rings. The summed E-state index contributed by atoms with van der Waals surface area (Å²) in [5.41, 5.74) is 6.07. The number of sulfonamides is 1. The van der Waals surface area contributed by atoms with Crippen LogP contribution in [-0.4, -0.2) is 25.8 Å². The molecular formula is C13H17N3O2S. The Labute approximate surface area is 113 Å². The van der Waals surface area contributed by atoms with Gasteiger partial charge in [-0.05, 0) is 31.0 Å². The van der Waals surface area contributed by atoms with Crippen LogP contribution in [0, 0.1) is 11.3 Å². The highest BCUT2D eigenvalue weighted by atomic mass is 32.2. The normalized spacial score (nSPS) is 16.7. The van der Waals surface area contributed by atoms with E-state index in [0.29, 0.717) is 5.69 Å². The highest BCUT2D eigenvalue weighted by Gasteiger charge is 2.31. The van der Waals surface area contributed by atoms with Crippen molar-refractivity contribution in [2.24, 2.45) is 0 Å². The van der Waals surface area contributed by atoms with Crippen LogP contribution in [-0.2, 0) is 10.0 Å². The molecule has 5 nitrogen and oxygen atoms in total. The fraction of sp³-hybridized carbons (Fsp3) is 0.462. The van der Waals surface area contributed by atoms with E-state index >= 15 is 0 Å². The third-order valence-corrected chi connectivity index (χ3v) is 5.59. The summed E-state index contributed by atoms with van der Waals surface area (Å²) in [6, 6.07) is 6.26. The molecule has 2 rings (SSSR count). The Morgan fingerprint density at radius 3 is 2.58 bits per heavy atom. The average Bonchev–Trinajstić information content (AvgIpc) is 2.91. The zero-order valence-corrected chi connectivity index (χ0v) is 11.7. The predicted molar refractivity (Wildman–Crippen MR) is 72.8 cm³/mol. The molecule has 0 aliphatic heterocycles. The van der Waals surface area contributed by atoms with E-state index in [1.54, 1.807) is 7.05 Å². The van der Waals surface area contributed by atoms with E-state index in [-0.39, 0.29) is 16.5 Å². The Bertz CT molecular complexity index is 613. The minimum atomic E-state index is -3.63. The van der Waals surface area contributed by atoms with Crippen LogP contribution in [0.15, 0.2) is 23.1 Å². The van der Waals surface area contributed by atoms with E-state index in [1.807, 2.05) is 6.07 Å². The largest absolute Gasteiger partial charge is 0.399 e. The summed E-state index contributed by atoms with van der Waals surface area (Å²) in [6.45, 7) is 0. The molecule has 0 bridgehead atoms. The summed E-state index contributed by atoms with van der Waals surface area (Å²) in [4.78, 5) is 0.0404. The lowest BCUT2D eigenvalue weighted by Gasteiger charge is -2.24. The lowest BCUT2D eigenvalue weighted by atomic mass is 10.2. The first kappa shape index (κ1) is 13.8. The quantitative estimate of drug-likeness (QED) is 0.853. The molecule has 102 valence electrons. The van der Waals surface area contributed by atoms with Gasteiger partial charge in [-0.2, -0.15) is 9.57 Å². The van der Waals surface area contributed by atoms with Crippen LogP contribution in [0.25, 0.3) is 0 Å². The van der Waals surface area contributed by atoms with Gasteiger partial charge < -0.3 is 5.73 Å². The maximum atomic E-state index is 12.5. The highest BCUT2D eigenvalue weighted by molar-refractivity contribution is 7.89. The summed E-state index contributed by atoms with van der Waals surface area (Å²) in [5.74, 6) is 0. The van der Waals surface area contributed by atoms with Gasteiger partial charge in [-0.3, -0.25) is 0 Å². The standard InChI is InChI=1S/C13H17N3O2S/c1-16(12-4-2-3-5-12)19(17,18)13-7-6-11(15)8-10(13)9-14/h6-8,12H,2-5,15H2,1H3. The molecule has 0 aromatic heterocycles. The Kier molecular flexibility index (Phi) is 3.78. The van der Waals surface area contributed by atoms with Gasteiger partial charge in [0.1, 0.15) is 11.0 Å². The second-order valence-corrected chi connectivity index (χ2v) is 6.79. The summed E-state index contributed by atoms with van der Waals surface area (Å²) in [6.07, 6.45) is 3.87. The molecule has 1 fully saturated rings. The molecule has 0 spiro atoms. The van der Waals surface area contributed by atoms with Crippen molar-refractivity contribution in [3.63, 3.8) is 0 Å². The van der Waals surface area contributed by atoms with E-state index in [9.17, 15) is 8.42 Å². The number of nitriles is 1. The van der Waals surface area contributed by atoms with E-state index in [2.05, 4.69) is 0 Å². The molecule has 0 amide bonds. The molecule has 0 unspecified atom stereocenters. The average molecular weight is 279 g/mol. The van der Waals surface area contributed by atoms with E-state index in [0.717, 1.165) is 25.7 Å². The van der Waals surface area contributed by atoms with Gasteiger partial charge in [0.05, 0.1) is 5.56 Å². The molecule has 0 radical (unpaired) electrons. The molecule has 1 aliphatic carbocycles. The third kappa shape index (κ3) is 2.57. The SMILES string of the molecule is CN(C1CCCC1)S(=O)(=O)c1ccc(N)cc1C#N. The number of hydrogen-bond acceptors (Lipinski definition) is 4.